The van der Waals surface area contributed by atoms with Gasteiger partial charge >= 0.3 is 5.97 Å². The highest BCUT2D eigenvalue weighted by molar-refractivity contribution is 8.00. The van der Waals surface area contributed by atoms with Crippen molar-refractivity contribution in [3.63, 3.8) is 0 Å². The van der Waals surface area contributed by atoms with Crippen molar-refractivity contribution in [2.24, 2.45) is 5.92 Å². The standard InChI is InChI=1S/C17H19N3O3S/c1-10(2)9-20-15(21)13-6-5-12(16(22)23-4)7-14(13)19-17(20)24-11(3)8-18/h5-7,10-11H,9H2,1-4H3/t11-/m1/s1. The van der Waals surface area contributed by atoms with Crippen LogP contribution in [-0.2, 0) is 11.3 Å². The van der Waals surface area contributed by atoms with Crippen molar-refractivity contribution in [3.8, 4) is 6.07 Å². The Labute approximate surface area is 144 Å². The minimum atomic E-state index is -0.482. The first-order valence-corrected chi connectivity index (χ1v) is 8.44. The van der Waals surface area contributed by atoms with E-state index in [2.05, 4.69) is 11.1 Å². The van der Waals surface area contributed by atoms with Gasteiger partial charge in [-0.1, -0.05) is 25.6 Å². The largest absolute Gasteiger partial charge is 0.465 e. The molecule has 7 heteroatoms. The van der Waals surface area contributed by atoms with Gasteiger partial charge in [-0.25, -0.2) is 9.78 Å². The van der Waals surface area contributed by atoms with Gasteiger partial charge in [-0.05, 0) is 31.0 Å². The van der Waals surface area contributed by atoms with Crippen LogP contribution in [0.2, 0.25) is 0 Å². The SMILES string of the molecule is COC(=O)c1ccc2c(=O)n(CC(C)C)c(S[C@H](C)C#N)nc2c1. The number of hydrogen-bond donors (Lipinski definition) is 0. The number of nitrogens with zero attached hydrogens (tertiary/aromatic N) is 3. The second-order valence-corrected chi connectivity index (χ2v) is 7.12. The predicted octanol–water partition coefficient (Wildman–Crippen LogP) is 2.84. The van der Waals surface area contributed by atoms with Crippen LogP contribution in [-0.4, -0.2) is 27.9 Å². The van der Waals surface area contributed by atoms with Crippen LogP contribution < -0.4 is 5.56 Å². The van der Waals surface area contributed by atoms with Gasteiger partial charge in [0.1, 0.15) is 0 Å². The van der Waals surface area contributed by atoms with Crippen LogP contribution in [0.4, 0.5) is 0 Å². The molecule has 2 rings (SSSR count). The van der Waals surface area contributed by atoms with Gasteiger partial charge in [-0.2, -0.15) is 5.26 Å². The van der Waals surface area contributed by atoms with Gasteiger partial charge in [0.2, 0.25) is 0 Å². The molecule has 1 aromatic heterocycles. The smallest absolute Gasteiger partial charge is 0.337 e. The Balaban J connectivity index is 2.67. The zero-order chi connectivity index (χ0) is 17.9. The lowest BCUT2D eigenvalue weighted by Crippen LogP contribution is -2.26. The average molecular weight is 345 g/mol. The average Bonchev–Trinajstić information content (AvgIpc) is 2.56. The van der Waals surface area contributed by atoms with E-state index < -0.39 is 5.97 Å². The highest BCUT2D eigenvalue weighted by atomic mass is 32.2. The summed E-state index contributed by atoms with van der Waals surface area (Å²) in [6, 6.07) is 6.83. The molecule has 0 aliphatic carbocycles. The number of esters is 1. The molecule has 1 aromatic carbocycles. The maximum atomic E-state index is 12.8. The van der Waals surface area contributed by atoms with Gasteiger partial charge in [-0.15, -0.1) is 0 Å². The van der Waals surface area contributed by atoms with Gasteiger partial charge < -0.3 is 4.74 Å². The minimum Gasteiger partial charge on any atom is -0.465 e. The molecule has 1 atom stereocenters. The molecule has 0 radical (unpaired) electrons. The summed E-state index contributed by atoms with van der Waals surface area (Å²) in [6.07, 6.45) is 0. The predicted molar refractivity (Wildman–Crippen MR) is 93.1 cm³/mol. The number of fused-ring (bicyclic) bond motifs is 1. The number of nitriles is 1. The molecule has 0 aliphatic rings. The Morgan fingerprint density at radius 2 is 2.12 bits per heavy atom. The highest BCUT2D eigenvalue weighted by Gasteiger charge is 2.16. The van der Waals surface area contributed by atoms with E-state index in [1.54, 1.807) is 29.7 Å². The second kappa shape index (κ2) is 7.49. The number of carbonyl (C=O) groups is 1. The molecule has 2 aromatic rings. The zero-order valence-electron chi connectivity index (χ0n) is 14.1. The Bertz CT molecular complexity index is 868. The number of ether oxygens (including phenoxy) is 1. The van der Waals surface area contributed by atoms with E-state index >= 15 is 0 Å². The third kappa shape index (κ3) is 3.77. The summed E-state index contributed by atoms with van der Waals surface area (Å²) in [5.74, 6) is -0.224. The molecule has 0 saturated heterocycles. The molecule has 0 saturated carbocycles. The van der Waals surface area contributed by atoms with Gasteiger partial charge in [0.15, 0.2) is 5.16 Å². The molecule has 0 unspecified atom stereocenters. The Morgan fingerprint density at radius 3 is 2.71 bits per heavy atom. The molecule has 0 aliphatic heterocycles. The fourth-order valence-electron chi connectivity index (χ4n) is 2.25. The van der Waals surface area contributed by atoms with Crippen molar-refractivity contribution < 1.29 is 9.53 Å². The number of hydrogen-bond acceptors (Lipinski definition) is 6. The van der Waals surface area contributed by atoms with Gasteiger partial charge in [0.05, 0.1) is 34.9 Å². The van der Waals surface area contributed by atoms with E-state index in [9.17, 15) is 9.59 Å². The van der Waals surface area contributed by atoms with E-state index in [4.69, 9.17) is 10.00 Å². The Hall–Kier alpha value is -2.33. The van der Waals surface area contributed by atoms with Gasteiger partial charge in [-0.3, -0.25) is 9.36 Å². The van der Waals surface area contributed by atoms with Crippen LogP contribution >= 0.6 is 11.8 Å². The van der Waals surface area contributed by atoms with Gasteiger partial charge in [0.25, 0.3) is 5.56 Å². The number of methoxy groups -OCH3 is 1. The number of benzene rings is 1. The molecule has 0 amide bonds. The van der Waals surface area contributed by atoms with Crippen molar-refractivity contribution >= 4 is 28.6 Å². The number of aromatic nitrogens is 2. The Morgan fingerprint density at radius 1 is 1.42 bits per heavy atom. The lowest BCUT2D eigenvalue weighted by molar-refractivity contribution is 0.0601. The van der Waals surface area contributed by atoms with Gasteiger partial charge in [0, 0.05) is 6.54 Å². The van der Waals surface area contributed by atoms with Crippen LogP contribution in [0.25, 0.3) is 10.9 Å². The molecule has 6 nitrogen and oxygen atoms in total. The summed E-state index contributed by atoms with van der Waals surface area (Å²) in [5.41, 5.74) is 0.594. The van der Waals surface area contributed by atoms with E-state index in [1.165, 1.54) is 18.9 Å². The van der Waals surface area contributed by atoms with E-state index in [0.717, 1.165) is 0 Å². The summed E-state index contributed by atoms with van der Waals surface area (Å²) in [4.78, 5) is 29.0. The molecular formula is C17H19N3O3S. The van der Waals surface area contributed by atoms with Crippen molar-refractivity contribution in [1.82, 2.24) is 9.55 Å². The van der Waals surface area contributed by atoms with Crippen LogP contribution in [0.1, 0.15) is 31.1 Å². The summed E-state index contributed by atoms with van der Waals surface area (Å²) in [6.45, 7) is 6.30. The molecule has 126 valence electrons. The lowest BCUT2D eigenvalue weighted by atomic mass is 10.1. The first-order valence-electron chi connectivity index (χ1n) is 7.56. The first-order chi connectivity index (χ1) is 11.4. The van der Waals surface area contributed by atoms with Crippen molar-refractivity contribution in [3.05, 3.63) is 34.1 Å². The first kappa shape index (κ1) is 18.0. The monoisotopic (exact) mass is 345 g/mol. The molecule has 24 heavy (non-hydrogen) atoms. The van der Waals surface area contributed by atoms with Crippen LogP contribution in [0.5, 0.6) is 0 Å². The van der Waals surface area contributed by atoms with Crippen LogP contribution in [0.15, 0.2) is 28.2 Å². The summed E-state index contributed by atoms with van der Waals surface area (Å²) in [7, 11) is 1.30. The number of carbonyl (C=O) groups excluding carboxylic acids is 1. The van der Waals surface area contributed by atoms with E-state index in [0.29, 0.717) is 28.2 Å². The van der Waals surface area contributed by atoms with Crippen molar-refractivity contribution in [2.45, 2.75) is 37.7 Å². The van der Waals surface area contributed by atoms with Crippen LogP contribution in [0.3, 0.4) is 0 Å². The topological polar surface area (TPSA) is 85.0 Å². The fraction of sp³-hybridized carbons (Fsp3) is 0.412. The maximum Gasteiger partial charge on any atom is 0.337 e. The summed E-state index contributed by atoms with van der Waals surface area (Å²) >= 11 is 1.24. The molecule has 1 heterocycles. The van der Waals surface area contributed by atoms with Crippen molar-refractivity contribution in [2.75, 3.05) is 7.11 Å². The number of rotatable bonds is 5. The quantitative estimate of drug-likeness (QED) is 0.470. The minimum absolute atomic E-state index is 0.169. The van der Waals surface area contributed by atoms with E-state index in [1.807, 2.05) is 13.8 Å². The lowest BCUT2D eigenvalue weighted by Gasteiger charge is -2.15. The molecule has 0 spiro atoms. The number of thioether (sulfide) groups is 1. The van der Waals surface area contributed by atoms with Crippen LogP contribution in [0, 0.1) is 17.2 Å². The zero-order valence-corrected chi connectivity index (χ0v) is 14.9. The molecule has 0 N–H and O–H groups in total. The molecular weight excluding hydrogens is 326 g/mol. The van der Waals surface area contributed by atoms with E-state index in [-0.39, 0.29) is 16.7 Å². The third-order valence-electron chi connectivity index (χ3n) is 3.35. The highest BCUT2D eigenvalue weighted by Crippen LogP contribution is 2.23. The fourth-order valence-corrected chi connectivity index (χ4v) is 3.05. The second-order valence-electron chi connectivity index (χ2n) is 5.82. The summed E-state index contributed by atoms with van der Waals surface area (Å²) < 4.78 is 6.31. The summed E-state index contributed by atoms with van der Waals surface area (Å²) in [5, 5.41) is 9.64. The Kier molecular flexibility index (Phi) is 5.62. The maximum absolute atomic E-state index is 12.8. The molecule has 0 bridgehead atoms. The molecule has 0 fully saturated rings. The normalized spacial score (nSPS) is 12.2. The third-order valence-corrected chi connectivity index (χ3v) is 4.33. The van der Waals surface area contributed by atoms with Crippen molar-refractivity contribution in [1.29, 1.82) is 5.26 Å².